The molecule has 0 aromatic heterocycles. The molecule has 0 radical (unpaired) electrons. The first kappa shape index (κ1) is 20.5. The van der Waals surface area contributed by atoms with E-state index in [1.165, 1.54) is 0 Å². The van der Waals surface area contributed by atoms with Crippen LogP contribution in [0.4, 0.5) is 4.39 Å². The maximum atomic E-state index is 12.9. The van der Waals surface area contributed by atoms with Crippen molar-refractivity contribution in [3.8, 4) is 0 Å². The number of amides is 3. The number of hydrogen-bond acceptors (Lipinski definition) is 5. The summed E-state index contributed by atoms with van der Waals surface area (Å²) in [5.41, 5.74) is 3.80. The second-order valence-electron chi connectivity index (χ2n) is 5.35. The monoisotopic (exact) mass is 374 g/mol. The van der Waals surface area contributed by atoms with E-state index in [2.05, 4.69) is 5.32 Å². The van der Waals surface area contributed by atoms with E-state index in [1.54, 1.807) is 13.8 Å². The Hall–Kier alpha value is -2.53. The van der Waals surface area contributed by atoms with Crippen LogP contribution >= 0.6 is 0 Å². The van der Waals surface area contributed by atoms with Gasteiger partial charge < -0.3 is 5.32 Å². The first-order valence-corrected chi connectivity index (χ1v) is 8.59. The third kappa shape index (κ3) is 6.12. The summed E-state index contributed by atoms with van der Waals surface area (Å²) in [6, 6.07) is 3.83. The zero-order valence-electron chi connectivity index (χ0n) is 13.9. The fraction of sp³-hybridized carbons (Fsp3) is 0.357. The third-order valence-electron chi connectivity index (χ3n) is 2.83. The Balaban J connectivity index is 2.60. The van der Waals surface area contributed by atoms with Crippen LogP contribution in [0.1, 0.15) is 13.8 Å². The number of carbonyl (C=O) groups is 3. The summed E-state index contributed by atoms with van der Waals surface area (Å²) in [5.74, 6) is -3.49. The van der Waals surface area contributed by atoms with Gasteiger partial charge in [0.15, 0.2) is 0 Å². The molecule has 0 fully saturated rings. The molecule has 1 aromatic carbocycles. The molecular formula is C14H19FN4O5S. The Bertz CT molecular complexity index is 749. The molecular weight excluding hydrogens is 355 g/mol. The molecule has 0 spiro atoms. The highest BCUT2D eigenvalue weighted by molar-refractivity contribution is 7.89. The van der Waals surface area contributed by atoms with E-state index in [9.17, 15) is 27.2 Å². The van der Waals surface area contributed by atoms with Gasteiger partial charge in [-0.15, -0.1) is 0 Å². The van der Waals surface area contributed by atoms with Gasteiger partial charge in [-0.25, -0.2) is 12.8 Å². The summed E-state index contributed by atoms with van der Waals surface area (Å²) in [4.78, 5) is 34.3. The molecule has 0 bridgehead atoms. The minimum absolute atomic E-state index is 0.190. The van der Waals surface area contributed by atoms with Gasteiger partial charge in [0.05, 0.1) is 11.4 Å². The number of hydrazine groups is 1. The molecule has 0 saturated heterocycles. The SMILES string of the molecule is CC(C)NC(=O)C(=O)NNC(=O)CN(C)S(=O)(=O)c1ccc(F)cc1. The molecule has 0 aliphatic carbocycles. The van der Waals surface area contributed by atoms with Crippen molar-refractivity contribution in [2.45, 2.75) is 24.8 Å². The lowest BCUT2D eigenvalue weighted by Crippen LogP contribution is -2.51. The zero-order chi connectivity index (χ0) is 19.2. The maximum Gasteiger partial charge on any atom is 0.327 e. The fourth-order valence-corrected chi connectivity index (χ4v) is 2.75. The number of halogens is 1. The number of sulfonamides is 1. The smallest absolute Gasteiger partial charge is 0.327 e. The quantitative estimate of drug-likeness (QED) is 0.456. The number of rotatable bonds is 5. The Kier molecular flexibility index (Phi) is 7.00. The highest BCUT2D eigenvalue weighted by atomic mass is 32.2. The summed E-state index contributed by atoms with van der Waals surface area (Å²) >= 11 is 0. The molecule has 3 N–H and O–H groups in total. The largest absolute Gasteiger partial charge is 0.346 e. The number of hydrogen-bond donors (Lipinski definition) is 3. The van der Waals surface area contributed by atoms with Crippen LogP contribution in [-0.4, -0.2) is 50.1 Å². The van der Waals surface area contributed by atoms with Crippen LogP contribution in [0.15, 0.2) is 29.2 Å². The second kappa shape index (κ2) is 8.53. The number of nitrogens with zero attached hydrogens (tertiary/aromatic N) is 1. The molecule has 1 aromatic rings. The maximum absolute atomic E-state index is 12.9. The van der Waals surface area contributed by atoms with E-state index < -0.39 is 40.1 Å². The van der Waals surface area contributed by atoms with Crippen LogP contribution in [0.2, 0.25) is 0 Å². The summed E-state index contributed by atoms with van der Waals surface area (Å²) < 4.78 is 38.0. The van der Waals surface area contributed by atoms with Crippen molar-refractivity contribution in [3.05, 3.63) is 30.1 Å². The molecule has 138 valence electrons. The average molecular weight is 374 g/mol. The fourth-order valence-electron chi connectivity index (χ4n) is 1.62. The van der Waals surface area contributed by atoms with Crippen LogP contribution < -0.4 is 16.2 Å². The van der Waals surface area contributed by atoms with Crippen LogP contribution in [0.25, 0.3) is 0 Å². The van der Waals surface area contributed by atoms with Crippen molar-refractivity contribution in [1.82, 2.24) is 20.5 Å². The first-order chi connectivity index (χ1) is 11.5. The topological polar surface area (TPSA) is 125 Å². The lowest BCUT2D eigenvalue weighted by molar-refractivity contribution is -0.141. The van der Waals surface area contributed by atoms with Gasteiger partial charge in [0, 0.05) is 13.1 Å². The molecule has 25 heavy (non-hydrogen) atoms. The van der Waals surface area contributed by atoms with Gasteiger partial charge in [-0.05, 0) is 38.1 Å². The van der Waals surface area contributed by atoms with Crippen molar-refractivity contribution >= 4 is 27.7 Å². The predicted molar refractivity (Wildman–Crippen MR) is 85.8 cm³/mol. The molecule has 0 aliphatic rings. The predicted octanol–water partition coefficient (Wildman–Crippen LogP) is -0.882. The molecule has 0 atom stereocenters. The number of nitrogens with one attached hydrogen (secondary N) is 3. The van der Waals surface area contributed by atoms with Crippen LogP contribution in [0.5, 0.6) is 0 Å². The number of likely N-dealkylation sites (N-methyl/N-ethyl adjacent to an activating group) is 1. The van der Waals surface area contributed by atoms with Gasteiger partial charge >= 0.3 is 11.8 Å². The molecule has 0 saturated carbocycles. The van der Waals surface area contributed by atoms with Gasteiger partial charge in [0.25, 0.3) is 5.91 Å². The summed E-state index contributed by atoms with van der Waals surface area (Å²) in [6.07, 6.45) is 0. The normalized spacial score (nSPS) is 11.3. The highest BCUT2D eigenvalue weighted by Gasteiger charge is 2.23. The summed E-state index contributed by atoms with van der Waals surface area (Å²) in [6.45, 7) is 2.68. The van der Waals surface area contributed by atoms with E-state index in [0.717, 1.165) is 35.6 Å². The van der Waals surface area contributed by atoms with Crippen molar-refractivity contribution in [1.29, 1.82) is 0 Å². The van der Waals surface area contributed by atoms with E-state index >= 15 is 0 Å². The van der Waals surface area contributed by atoms with Gasteiger partial charge in [-0.2, -0.15) is 4.31 Å². The van der Waals surface area contributed by atoms with Gasteiger partial charge in [0.2, 0.25) is 10.0 Å². The third-order valence-corrected chi connectivity index (χ3v) is 4.65. The lowest BCUT2D eigenvalue weighted by atomic mass is 10.4. The minimum Gasteiger partial charge on any atom is -0.346 e. The summed E-state index contributed by atoms with van der Waals surface area (Å²) in [5, 5.41) is 2.32. The van der Waals surface area contributed by atoms with E-state index in [4.69, 9.17) is 0 Å². The Labute approximate surface area is 144 Å². The average Bonchev–Trinajstić information content (AvgIpc) is 2.52. The number of carbonyl (C=O) groups excluding carboxylic acids is 3. The Morgan fingerprint density at radius 3 is 2.16 bits per heavy atom. The first-order valence-electron chi connectivity index (χ1n) is 7.15. The molecule has 0 aliphatic heterocycles. The van der Waals surface area contributed by atoms with Gasteiger partial charge in [-0.1, -0.05) is 0 Å². The minimum atomic E-state index is -4.01. The van der Waals surface area contributed by atoms with E-state index in [-0.39, 0.29) is 10.9 Å². The molecule has 1 rings (SSSR count). The molecule has 11 heteroatoms. The number of benzene rings is 1. The summed E-state index contributed by atoms with van der Waals surface area (Å²) in [7, 11) is -2.86. The lowest BCUT2D eigenvalue weighted by Gasteiger charge is -2.17. The second-order valence-corrected chi connectivity index (χ2v) is 7.39. The molecule has 0 heterocycles. The van der Waals surface area contributed by atoms with E-state index in [1.807, 2.05) is 10.9 Å². The molecule has 0 unspecified atom stereocenters. The van der Waals surface area contributed by atoms with Crippen molar-refractivity contribution in [2.75, 3.05) is 13.6 Å². The van der Waals surface area contributed by atoms with Crippen molar-refractivity contribution in [3.63, 3.8) is 0 Å². The van der Waals surface area contributed by atoms with Crippen LogP contribution in [0, 0.1) is 5.82 Å². The van der Waals surface area contributed by atoms with Crippen LogP contribution in [0.3, 0.4) is 0 Å². The highest BCUT2D eigenvalue weighted by Crippen LogP contribution is 2.14. The Morgan fingerprint density at radius 1 is 1.08 bits per heavy atom. The van der Waals surface area contributed by atoms with Crippen LogP contribution in [-0.2, 0) is 24.4 Å². The van der Waals surface area contributed by atoms with Gasteiger partial charge in [-0.3, -0.25) is 25.2 Å². The Morgan fingerprint density at radius 2 is 1.64 bits per heavy atom. The molecule has 9 nitrogen and oxygen atoms in total. The van der Waals surface area contributed by atoms with E-state index in [0.29, 0.717) is 0 Å². The van der Waals surface area contributed by atoms with Crippen molar-refractivity contribution < 1.29 is 27.2 Å². The van der Waals surface area contributed by atoms with Gasteiger partial charge in [0.1, 0.15) is 5.82 Å². The zero-order valence-corrected chi connectivity index (χ0v) is 14.7. The standard InChI is InChI=1S/C14H19FN4O5S/c1-9(2)16-13(21)14(22)18-17-12(20)8-19(3)25(23,24)11-6-4-10(15)5-7-11/h4-7,9H,8H2,1-3H3,(H,16,21)(H,17,20)(H,18,22). The molecule has 3 amide bonds. The van der Waals surface area contributed by atoms with Crippen molar-refractivity contribution in [2.24, 2.45) is 0 Å².